The van der Waals surface area contributed by atoms with Gasteiger partial charge < -0.3 is 10.4 Å². The van der Waals surface area contributed by atoms with Crippen LogP contribution in [0.5, 0.6) is 5.75 Å². The van der Waals surface area contributed by atoms with Gasteiger partial charge in [-0.1, -0.05) is 15.9 Å². The third-order valence-corrected chi connectivity index (χ3v) is 3.48. The number of phenolic OH excluding ortho intramolecular Hbond substituents is 1. The van der Waals surface area contributed by atoms with Gasteiger partial charge in [-0.2, -0.15) is 0 Å². The molecule has 0 aliphatic rings. The Morgan fingerprint density at radius 1 is 1.16 bits per heavy atom. The summed E-state index contributed by atoms with van der Waals surface area (Å²) in [5, 5.41) is 12.2. The van der Waals surface area contributed by atoms with Crippen LogP contribution in [0.15, 0.2) is 45.3 Å². The Morgan fingerprint density at radius 2 is 1.89 bits per heavy atom. The van der Waals surface area contributed by atoms with Crippen LogP contribution in [0, 0.1) is 5.82 Å². The summed E-state index contributed by atoms with van der Waals surface area (Å²) in [7, 11) is 0. The van der Waals surface area contributed by atoms with Gasteiger partial charge in [0.1, 0.15) is 11.6 Å². The van der Waals surface area contributed by atoms with Crippen LogP contribution in [-0.2, 0) is 0 Å². The van der Waals surface area contributed by atoms with E-state index < -0.39 is 11.7 Å². The molecule has 0 fully saturated rings. The van der Waals surface area contributed by atoms with Crippen molar-refractivity contribution >= 4 is 43.5 Å². The first kappa shape index (κ1) is 14.0. The van der Waals surface area contributed by atoms with E-state index in [2.05, 4.69) is 37.2 Å². The molecular weight excluding hydrogens is 381 g/mol. The Hall–Kier alpha value is -1.40. The minimum Gasteiger partial charge on any atom is -0.507 e. The van der Waals surface area contributed by atoms with Crippen LogP contribution in [0.25, 0.3) is 0 Å². The molecule has 3 nitrogen and oxygen atoms in total. The fraction of sp³-hybridized carbons (Fsp3) is 0. The topological polar surface area (TPSA) is 49.3 Å². The molecule has 19 heavy (non-hydrogen) atoms. The summed E-state index contributed by atoms with van der Waals surface area (Å²) in [5.74, 6) is -1.01. The summed E-state index contributed by atoms with van der Waals surface area (Å²) in [5.41, 5.74) is 0.562. The lowest BCUT2D eigenvalue weighted by Gasteiger charge is -2.08. The van der Waals surface area contributed by atoms with Crippen molar-refractivity contribution < 1.29 is 14.3 Å². The molecule has 1 amide bonds. The highest BCUT2D eigenvalue weighted by Gasteiger charge is 2.12. The Labute approximate surface area is 125 Å². The molecule has 0 atom stereocenters. The largest absolute Gasteiger partial charge is 0.507 e. The Bertz CT molecular complexity index is 647. The minimum absolute atomic E-state index is 0.123. The second kappa shape index (κ2) is 5.71. The van der Waals surface area contributed by atoms with Crippen LogP contribution in [-0.4, -0.2) is 11.0 Å². The van der Waals surface area contributed by atoms with Gasteiger partial charge in [0.2, 0.25) is 0 Å². The number of nitrogens with one attached hydrogen (secondary N) is 1. The highest BCUT2D eigenvalue weighted by atomic mass is 79.9. The summed E-state index contributed by atoms with van der Waals surface area (Å²) in [6.07, 6.45) is 0. The van der Waals surface area contributed by atoms with E-state index in [1.54, 1.807) is 6.07 Å². The van der Waals surface area contributed by atoms with Gasteiger partial charge in [-0.05, 0) is 52.3 Å². The van der Waals surface area contributed by atoms with Gasteiger partial charge >= 0.3 is 0 Å². The lowest BCUT2D eigenvalue weighted by molar-refractivity contribution is 0.102. The van der Waals surface area contributed by atoms with Crippen molar-refractivity contribution in [3.8, 4) is 5.75 Å². The fourth-order valence-electron chi connectivity index (χ4n) is 1.46. The van der Waals surface area contributed by atoms with Gasteiger partial charge in [0.15, 0.2) is 0 Å². The average molecular weight is 389 g/mol. The van der Waals surface area contributed by atoms with Crippen LogP contribution in [0.2, 0.25) is 0 Å². The van der Waals surface area contributed by atoms with Crippen molar-refractivity contribution in [2.24, 2.45) is 0 Å². The molecule has 2 rings (SSSR count). The van der Waals surface area contributed by atoms with E-state index in [0.717, 1.165) is 0 Å². The highest BCUT2D eigenvalue weighted by molar-refractivity contribution is 9.10. The lowest BCUT2D eigenvalue weighted by atomic mass is 10.2. The van der Waals surface area contributed by atoms with Crippen LogP contribution in [0.1, 0.15) is 10.4 Å². The predicted molar refractivity (Wildman–Crippen MR) is 77.9 cm³/mol. The van der Waals surface area contributed by atoms with Gasteiger partial charge in [-0.25, -0.2) is 4.39 Å². The van der Waals surface area contributed by atoms with Gasteiger partial charge in [0.25, 0.3) is 5.91 Å². The molecule has 0 bridgehead atoms. The van der Waals surface area contributed by atoms with E-state index in [4.69, 9.17) is 0 Å². The van der Waals surface area contributed by atoms with Crippen molar-refractivity contribution in [1.29, 1.82) is 0 Å². The molecule has 0 saturated carbocycles. The summed E-state index contributed by atoms with van der Waals surface area (Å²) >= 11 is 6.26. The number of hydrogen-bond acceptors (Lipinski definition) is 2. The number of phenols is 1. The van der Waals surface area contributed by atoms with Crippen molar-refractivity contribution in [3.63, 3.8) is 0 Å². The van der Waals surface area contributed by atoms with E-state index in [0.29, 0.717) is 10.2 Å². The van der Waals surface area contributed by atoms with E-state index in [1.807, 2.05) is 0 Å². The maximum absolute atomic E-state index is 13.1. The average Bonchev–Trinajstić information content (AvgIpc) is 2.36. The molecule has 0 aromatic heterocycles. The second-order valence-corrected chi connectivity index (χ2v) is 5.51. The SMILES string of the molecule is O=C(Nc1ccc(F)c(Br)c1)c1cc(Br)ccc1O. The molecule has 0 spiro atoms. The molecule has 2 aromatic carbocycles. The van der Waals surface area contributed by atoms with Crippen LogP contribution in [0.3, 0.4) is 0 Å². The predicted octanol–water partition coefficient (Wildman–Crippen LogP) is 4.31. The third kappa shape index (κ3) is 3.33. The molecule has 2 N–H and O–H groups in total. The third-order valence-electron chi connectivity index (χ3n) is 2.38. The molecular formula is C13H8Br2FNO2. The molecule has 2 aromatic rings. The maximum atomic E-state index is 13.1. The van der Waals surface area contributed by atoms with Gasteiger partial charge in [0, 0.05) is 10.2 Å². The van der Waals surface area contributed by atoms with Gasteiger partial charge in [0.05, 0.1) is 10.0 Å². The summed E-state index contributed by atoms with van der Waals surface area (Å²) < 4.78 is 14.0. The summed E-state index contributed by atoms with van der Waals surface area (Å²) in [6.45, 7) is 0. The van der Waals surface area contributed by atoms with Crippen molar-refractivity contribution in [2.45, 2.75) is 0 Å². The zero-order chi connectivity index (χ0) is 14.0. The zero-order valence-electron chi connectivity index (χ0n) is 9.45. The van der Waals surface area contributed by atoms with Gasteiger partial charge in [-0.15, -0.1) is 0 Å². The first-order valence-corrected chi connectivity index (χ1v) is 6.81. The first-order valence-electron chi connectivity index (χ1n) is 5.22. The van der Waals surface area contributed by atoms with E-state index >= 15 is 0 Å². The number of halogens is 3. The van der Waals surface area contributed by atoms with E-state index in [9.17, 15) is 14.3 Å². The summed E-state index contributed by atoms with van der Waals surface area (Å²) in [6, 6.07) is 8.67. The molecule has 98 valence electrons. The smallest absolute Gasteiger partial charge is 0.259 e. The van der Waals surface area contributed by atoms with Crippen LogP contribution in [0.4, 0.5) is 10.1 Å². The molecule has 6 heteroatoms. The maximum Gasteiger partial charge on any atom is 0.259 e. The Kier molecular flexibility index (Phi) is 4.21. The Morgan fingerprint density at radius 3 is 2.58 bits per heavy atom. The molecule has 0 saturated heterocycles. The number of hydrogen-bond donors (Lipinski definition) is 2. The molecule has 0 aliphatic carbocycles. The quantitative estimate of drug-likeness (QED) is 0.805. The normalized spacial score (nSPS) is 10.3. The van der Waals surface area contributed by atoms with Crippen molar-refractivity contribution in [1.82, 2.24) is 0 Å². The number of rotatable bonds is 2. The number of amides is 1. The number of aromatic hydroxyl groups is 1. The van der Waals surface area contributed by atoms with E-state index in [-0.39, 0.29) is 15.8 Å². The van der Waals surface area contributed by atoms with Crippen molar-refractivity contribution in [2.75, 3.05) is 5.32 Å². The molecule has 0 unspecified atom stereocenters. The van der Waals surface area contributed by atoms with Crippen molar-refractivity contribution in [3.05, 3.63) is 56.7 Å². The van der Waals surface area contributed by atoms with Crippen LogP contribution >= 0.6 is 31.9 Å². The number of benzene rings is 2. The molecule has 0 aliphatic heterocycles. The number of carbonyl (C=O) groups is 1. The monoisotopic (exact) mass is 387 g/mol. The Balaban J connectivity index is 2.25. The highest BCUT2D eigenvalue weighted by Crippen LogP contribution is 2.24. The van der Waals surface area contributed by atoms with Gasteiger partial charge in [-0.3, -0.25) is 4.79 Å². The first-order chi connectivity index (χ1) is 8.97. The lowest BCUT2D eigenvalue weighted by Crippen LogP contribution is -2.12. The number of carbonyl (C=O) groups excluding carboxylic acids is 1. The molecule has 0 heterocycles. The zero-order valence-corrected chi connectivity index (χ0v) is 12.6. The fourth-order valence-corrected chi connectivity index (χ4v) is 2.20. The van der Waals surface area contributed by atoms with Crippen LogP contribution < -0.4 is 5.32 Å². The second-order valence-electron chi connectivity index (χ2n) is 3.74. The number of anilines is 1. The van der Waals surface area contributed by atoms with E-state index in [1.165, 1.54) is 30.3 Å². The standard InChI is InChI=1S/C13H8Br2FNO2/c14-7-1-4-12(18)9(5-7)13(19)17-8-2-3-11(16)10(15)6-8/h1-6,18H,(H,17,19). The summed E-state index contributed by atoms with van der Waals surface area (Å²) in [4.78, 5) is 12.0. The molecule has 0 radical (unpaired) electrons. The minimum atomic E-state index is -0.475.